The summed E-state index contributed by atoms with van der Waals surface area (Å²) < 4.78 is 19.4. The Balaban J connectivity index is 1.36. The maximum atomic E-state index is 13.5. The molecular formula is C38H61NO10. The van der Waals surface area contributed by atoms with Crippen LogP contribution in [0.5, 0.6) is 0 Å². The van der Waals surface area contributed by atoms with Crippen molar-refractivity contribution in [3.63, 3.8) is 0 Å². The average molecular weight is 692 g/mol. The van der Waals surface area contributed by atoms with Gasteiger partial charge in [0.1, 0.15) is 17.0 Å². The molecule has 7 aliphatic rings. The number of piperidine rings is 2. The smallest absolute Gasteiger partial charge is 0.309 e. The summed E-state index contributed by atoms with van der Waals surface area (Å²) in [5, 5.41) is 74.3. The molecular weight excluding hydrogens is 630 g/mol. The number of esters is 1. The van der Waals surface area contributed by atoms with Gasteiger partial charge < -0.3 is 44.8 Å². The predicted octanol–water partition coefficient (Wildman–Crippen LogP) is 2.48. The molecule has 4 aliphatic carbocycles. The van der Waals surface area contributed by atoms with E-state index in [0.29, 0.717) is 31.7 Å². The molecule has 4 bridgehead atoms. The summed E-state index contributed by atoms with van der Waals surface area (Å²) in [5.74, 6) is -5.49. The van der Waals surface area contributed by atoms with Gasteiger partial charge in [-0.05, 0) is 83.0 Å². The van der Waals surface area contributed by atoms with Crippen LogP contribution >= 0.6 is 0 Å². The summed E-state index contributed by atoms with van der Waals surface area (Å²) in [4.78, 5) is 15.4. The molecule has 4 saturated carbocycles. The first-order valence-corrected chi connectivity index (χ1v) is 19.0. The molecule has 7 rings (SSSR count). The summed E-state index contributed by atoms with van der Waals surface area (Å²) in [5.41, 5.74) is -6.66. The predicted molar refractivity (Wildman–Crippen MR) is 178 cm³/mol. The van der Waals surface area contributed by atoms with Crippen LogP contribution < -0.4 is 0 Å². The molecule has 3 aliphatic heterocycles. The normalized spacial score (nSPS) is 54.8. The monoisotopic (exact) mass is 691 g/mol. The molecule has 6 N–H and O–H groups in total. The van der Waals surface area contributed by atoms with Crippen LogP contribution in [0.4, 0.5) is 0 Å². The molecule has 3 heterocycles. The van der Waals surface area contributed by atoms with Crippen molar-refractivity contribution in [2.75, 3.05) is 13.1 Å². The Bertz CT molecular complexity index is 1360. The topological polar surface area (TPSA) is 169 Å². The zero-order chi connectivity index (χ0) is 35.9. The zero-order valence-electron chi connectivity index (χ0n) is 30.5. The molecule has 18 atom stereocenters. The highest BCUT2D eigenvalue weighted by molar-refractivity contribution is 5.72. The van der Waals surface area contributed by atoms with Crippen molar-refractivity contribution < 1.29 is 49.6 Å². The van der Waals surface area contributed by atoms with Crippen LogP contribution in [0.15, 0.2) is 12.3 Å². The van der Waals surface area contributed by atoms with Gasteiger partial charge in [0.15, 0.2) is 12.2 Å². The number of ether oxygens (including phenoxy) is 3. The quantitative estimate of drug-likeness (QED) is 0.171. The fraction of sp³-hybridized carbons (Fsp3) is 0.921. The maximum Gasteiger partial charge on any atom is 0.309 e. The van der Waals surface area contributed by atoms with E-state index in [1.807, 2.05) is 6.92 Å². The molecule has 1 spiro atoms. The fourth-order valence-corrected chi connectivity index (χ4v) is 12.6. The Morgan fingerprint density at radius 1 is 1.10 bits per heavy atom. The van der Waals surface area contributed by atoms with Crippen LogP contribution in [0.3, 0.4) is 0 Å². The maximum absolute atomic E-state index is 13.5. The number of fused-ring (bicyclic) bond motifs is 5. The van der Waals surface area contributed by atoms with E-state index in [2.05, 4.69) is 25.3 Å². The number of carbonyl (C=O) groups is 1. The van der Waals surface area contributed by atoms with Crippen LogP contribution in [0.25, 0.3) is 0 Å². The third-order valence-electron chi connectivity index (χ3n) is 15.6. The van der Waals surface area contributed by atoms with Gasteiger partial charge in [-0.1, -0.05) is 41.2 Å². The number of rotatable bonds is 7. The van der Waals surface area contributed by atoms with Gasteiger partial charge in [0.05, 0.1) is 29.3 Å². The van der Waals surface area contributed by atoms with E-state index in [1.165, 1.54) is 0 Å². The molecule has 0 radical (unpaired) electrons. The Kier molecular flexibility index (Phi) is 8.35. The Morgan fingerprint density at radius 3 is 2.45 bits per heavy atom. The highest BCUT2D eigenvalue weighted by Crippen LogP contribution is 2.77. The number of hydrogen-bond donors (Lipinski definition) is 6. The minimum atomic E-state index is -1.89. The van der Waals surface area contributed by atoms with Gasteiger partial charge in [0, 0.05) is 42.3 Å². The lowest BCUT2D eigenvalue weighted by Gasteiger charge is -2.64. The zero-order valence-corrected chi connectivity index (χ0v) is 30.5. The first-order chi connectivity index (χ1) is 22.7. The molecule has 0 aromatic heterocycles. The second-order valence-electron chi connectivity index (χ2n) is 18.1. The minimum absolute atomic E-state index is 0.00897. The van der Waals surface area contributed by atoms with Crippen molar-refractivity contribution >= 4 is 5.97 Å². The highest BCUT2D eigenvalue weighted by Gasteiger charge is 2.87. The standard InChI is InChI=1S/C38H61NO10/c1-9-20(4)32(42)48-27-13-14-33(6)25-15-24(40)30-36(33,49-38(25,27)46)16-23-22-18-39-17-19(3)11-12-26(39)35(8,44)28(22)29(41)31(37(23,30)45)47-21(5)34(7,43)10-2/h19-20,22-31,40-41,43-46H,5,9-18H2,1-4,6-8H3. The van der Waals surface area contributed by atoms with E-state index in [9.17, 15) is 35.4 Å². The molecule has 7 fully saturated rings. The van der Waals surface area contributed by atoms with Crippen LogP contribution in [0.1, 0.15) is 99.8 Å². The van der Waals surface area contributed by atoms with Gasteiger partial charge in [0.25, 0.3) is 0 Å². The highest BCUT2D eigenvalue weighted by atomic mass is 16.7. The van der Waals surface area contributed by atoms with Crippen molar-refractivity contribution in [2.45, 2.75) is 158 Å². The minimum Gasteiger partial charge on any atom is -0.487 e. The van der Waals surface area contributed by atoms with Crippen LogP contribution in [-0.2, 0) is 19.0 Å². The van der Waals surface area contributed by atoms with Crippen LogP contribution in [0, 0.1) is 46.8 Å². The summed E-state index contributed by atoms with van der Waals surface area (Å²) in [6.45, 7) is 18.5. The lowest BCUT2D eigenvalue weighted by atomic mass is 9.49. The first-order valence-electron chi connectivity index (χ1n) is 19.0. The van der Waals surface area contributed by atoms with Gasteiger partial charge in [0.2, 0.25) is 5.79 Å². The summed E-state index contributed by atoms with van der Waals surface area (Å²) >= 11 is 0. The van der Waals surface area contributed by atoms with Crippen molar-refractivity contribution in [1.29, 1.82) is 0 Å². The Labute approximate surface area is 291 Å². The first kappa shape index (κ1) is 36.1. The second kappa shape index (κ2) is 11.3. The molecule has 0 amide bonds. The van der Waals surface area contributed by atoms with E-state index in [-0.39, 0.29) is 37.0 Å². The molecule has 11 heteroatoms. The third kappa shape index (κ3) is 4.58. The summed E-state index contributed by atoms with van der Waals surface area (Å²) in [6.07, 6.45) is -0.958. The van der Waals surface area contributed by atoms with E-state index >= 15 is 0 Å². The molecule has 0 aromatic rings. The second-order valence-corrected chi connectivity index (χ2v) is 18.1. The SMILES string of the molecule is C=C(OC1C(O)C2C(CN3CC(C)CCC3C2(C)O)C2CC34OC5(O)C(OC(=O)C(C)CC)CCC3(C)C5CC(O)C4C21O)C(C)(O)CC. The van der Waals surface area contributed by atoms with Crippen molar-refractivity contribution in [1.82, 2.24) is 4.90 Å². The van der Waals surface area contributed by atoms with Crippen molar-refractivity contribution in [3.8, 4) is 0 Å². The third-order valence-corrected chi connectivity index (χ3v) is 15.6. The van der Waals surface area contributed by atoms with E-state index in [1.54, 1.807) is 27.7 Å². The Hall–Kier alpha value is -1.31. The molecule has 18 unspecified atom stereocenters. The summed E-state index contributed by atoms with van der Waals surface area (Å²) in [6, 6.07) is -0.189. The van der Waals surface area contributed by atoms with Gasteiger partial charge in [-0.3, -0.25) is 9.69 Å². The largest absolute Gasteiger partial charge is 0.487 e. The van der Waals surface area contributed by atoms with Crippen LogP contribution in [-0.4, -0.2) is 113 Å². The number of carbonyl (C=O) groups excluding carboxylic acids is 1. The van der Waals surface area contributed by atoms with Crippen molar-refractivity contribution in [2.24, 2.45) is 46.8 Å². The van der Waals surface area contributed by atoms with E-state index in [0.717, 1.165) is 19.4 Å². The number of aliphatic hydroxyl groups excluding tert-OH is 2. The summed E-state index contributed by atoms with van der Waals surface area (Å²) in [7, 11) is 0. The Morgan fingerprint density at radius 2 is 1.80 bits per heavy atom. The molecule has 3 saturated heterocycles. The molecule has 278 valence electrons. The molecule has 0 aromatic carbocycles. The van der Waals surface area contributed by atoms with Gasteiger partial charge >= 0.3 is 5.97 Å². The van der Waals surface area contributed by atoms with Gasteiger partial charge in [-0.25, -0.2) is 0 Å². The molecule has 49 heavy (non-hydrogen) atoms. The lowest BCUT2D eigenvalue weighted by molar-refractivity contribution is -0.300. The van der Waals surface area contributed by atoms with Gasteiger partial charge in [-0.2, -0.15) is 0 Å². The fourth-order valence-electron chi connectivity index (χ4n) is 12.6. The van der Waals surface area contributed by atoms with E-state index < -0.39 is 93.6 Å². The van der Waals surface area contributed by atoms with Gasteiger partial charge in [-0.15, -0.1) is 0 Å². The number of hydrogen-bond acceptors (Lipinski definition) is 11. The number of aliphatic hydroxyl groups is 6. The van der Waals surface area contributed by atoms with Crippen LogP contribution in [0.2, 0.25) is 0 Å². The van der Waals surface area contributed by atoms with Crippen molar-refractivity contribution in [3.05, 3.63) is 12.3 Å². The van der Waals surface area contributed by atoms with E-state index in [4.69, 9.17) is 14.2 Å². The average Bonchev–Trinajstić information content (AvgIpc) is 3.31. The number of nitrogens with zero attached hydrogens (tertiary/aromatic N) is 1. The molecule has 11 nitrogen and oxygen atoms in total. The lowest BCUT2D eigenvalue weighted by Crippen LogP contribution is -2.77.